The third kappa shape index (κ3) is 1.16. The van der Waals surface area contributed by atoms with Crippen molar-refractivity contribution in [3.05, 3.63) is 23.8 Å². The van der Waals surface area contributed by atoms with E-state index in [2.05, 4.69) is 6.58 Å². The van der Waals surface area contributed by atoms with Crippen molar-refractivity contribution in [2.24, 2.45) is 0 Å². The molecule has 3 nitrogen and oxygen atoms in total. The fraction of sp³-hybridized carbons (Fsp3) is 0.444. The number of aliphatic hydroxyl groups is 1. The zero-order valence-corrected chi connectivity index (χ0v) is 7.37. The molecule has 0 aromatic carbocycles. The van der Waals surface area contributed by atoms with Crippen molar-refractivity contribution in [2.45, 2.75) is 20.1 Å². The summed E-state index contributed by atoms with van der Waals surface area (Å²) in [6.45, 7) is 7.41. The predicted octanol–water partition coefficient (Wildman–Crippen LogP) is 0.669. The van der Waals surface area contributed by atoms with Crippen molar-refractivity contribution in [1.82, 2.24) is 4.90 Å². The Morgan fingerprint density at radius 3 is 2.58 bits per heavy atom. The summed E-state index contributed by atoms with van der Waals surface area (Å²) in [5.41, 5.74) is 1.38. The molecule has 12 heavy (non-hydrogen) atoms. The van der Waals surface area contributed by atoms with E-state index in [0.29, 0.717) is 12.1 Å². The molecule has 1 amide bonds. The normalized spacial score (nSPS) is 23.8. The molecule has 1 aliphatic heterocycles. The quantitative estimate of drug-likeness (QED) is 0.614. The molecule has 0 fully saturated rings. The van der Waals surface area contributed by atoms with Crippen LogP contribution < -0.4 is 0 Å². The molecule has 66 valence electrons. The van der Waals surface area contributed by atoms with Crippen LogP contribution in [0, 0.1) is 0 Å². The minimum atomic E-state index is -0.754. The number of hydrogen-bond acceptors (Lipinski definition) is 2. The topological polar surface area (TPSA) is 40.5 Å². The first-order chi connectivity index (χ1) is 5.59. The van der Waals surface area contributed by atoms with Gasteiger partial charge < -0.3 is 10.0 Å². The van der Waals surface area contributed by atoms with Crippen molar-refractivity contribution in [3.8, 4) is 0 Å². The molecule has 1 rings (SSSR count). The number of nitrogens with zero attached hydrogens (tertiary/aromatic N) is 1. The molecule has 1 N–H and O–H groups in total. The Balaban J connectivity index is 2.87. The van der Waals surface area contributed by atoms with Crippen molar-refractivity contribution in [2.75, 3.05) is 6.54 Å². The summed E-state index contributed by atoms with van der Waals surface area (Å²) >= 11 is 0. The highest BCUT2D eigenvalue weighted by atomic mass is 16.3. The van der Waals surface area contributed by atoms with Crippen LogP contribution in [-0.2, 0) is 4.79 Å². The summed E-state index contributed by atoms with van der Waals surface area (Å²) in [6.07, 6.45) is 0.850. The lowest BCUT2D eigenvalue weighted by Gasteiger charge is -2.19. The first-order valence-electron chi connectivity index (χ1n) is 3.87. The second-order valence-electron chi connectivity index (χ2n) is 2.93. The van der Waals surface area contributed by atoms with E-state index in [1.165, 1.54) is 4.90 Å². The van der Waals surface area contributed by atoms with E-state index >= 15 is 0 Å². The van der Waals surface area contributed by atoms with Gasteiger partial charge in [0.2, 0.25) is 0 Å². The van der Waals surface area contributed by atoms with E-state index in [1.54, 1.807) is 19.9 Å². The lowest BCUT2D eigenvalue weighted by Crippen LogP contribution is -2.35. The molecular formula is C9H13NO2. The Bertz CT molecular complexity index is 255. The second kappa shape index (κ2) is 3.11. The van der Waals surface area contributed by atoms with Crippen LogP contribution in [0.4, 0.5) is 0 Å². The first kappa shape index (κ1) is 9.00. The van der Waals surface area contributed by atoms with E-state index in [9.17, 15) is 9.90 Å². The van der Waals surface area contributed by atoms with Gasteiger partial charge in [0.1, 0.15) is 0 Å². The van der Waals surface area contributed by atoms with E-state index in [1.807, 2.05) is 0 Å². The number of aliphatic hydroxyl groups excluding tert-OH is 1. The maximum absolute atomic E-state index is 11.4. The molecule has 0 radical (unpaired) electrons. The molecule has 0 aromatic heterocycles. The molecule has 1 heterocycles. The maximum Gasteiger partial charge on any atom is 0.252 e. The molecule has 0 saturated heterocycles. The summed E-state index contributed by atoms with van der Waals surface area (Å²) in [5.74, 6) is -0.0973. The zero-order chi connectivity index (χ0) is 9.30. The van der Waals surface area contributed by atoms with Crippen molar-refractivity contribution in [1.29, 1.82) is 0 Å². The summed E-state index contributed by atoms with van der Waals surface area (Å²) in [6, 6.07) is 0. The highest BCUT2D eigenvalue weighted by Crippen LogP contribution is 2.22. The Morgan fingerprint density at radius 2 is 2.25 bits per heavy atom. The van der Waals surface area contributed by atoms with E-state index < -0.39 is 6.23 Å². The fourth-order valence-electron chi connectivity index (χ4n) is 1.24. The Kier molecular flexibility index (Phi) is 2.33. The van der Waals surface area contributed by atoms with Crippen LogP contribution in [0.5, 0.6) is 0 Å². The van der Waals surface area contributed by atoms with Crippen LogP contribution in [0.15, 0.2) is 23.8 Å². The number of rotatable bonds is 2. The maximum atomic E-state index is 11.4. The largest absolute Gasteiger partial charge is 0.369 e. The molecule has 1 atom stereocenters. The molecule has 1 aliphatic rings. The predicted molar refractivity (Wildman–Crippen MR) is 46.3 cm³/mol. The van der Waals surface area contributed by atoms with E-state index in [4.69, 9.17) is 0 Å². The number of carbonyl (C=O) groups excluding carboxylic acids is 1. The fourth-order valence-corrected chi connectivity index (χ4v) is 1.24. The first-order valence-corrected chi connectivity index (χ1v) is 3.87. The van der Waals surface area contributed by atoms with Gasteiger partial charge in [-0.2, -0.15) is 0 Å². The van der Waals surface area contributed by atoms with Gasteiger partial charge in [0.05, 0.1) is 0 Å². The van der Waals surface area contributed by atoms with Crippen LogP contribution in [0.2, 0.25) is 0 Å². The van der Waals surface area contributed by atoms with Gasteiger partial charge in [-0.3, -0.25) is 4.79 Å². The average molecular weight is 167 g/mol. The SMILES string of the molecule is C=CCN1C(=O)C(C)=C(C)C1O. The lowest BCUT2D eigenvalue weighted by atomic mass is 10.2. The van der Waals surface area contributed by atoms with Gasteiger partial charge in [0, 0.05) is 12.1 Å². The number of hydrogen-bond donors (Lipinski definition) is 1. The van der Waals surface area contributed by atoms with Crippen LogP contribution in [0.3, 0.4) is 0 Å². The van der Waals surface area contributed by atoms with Crippen LogP contribution >= 0.6 is 0 Å². The average Bonchev–Trinajstić information content (AvgIpc) is 2.23. The minimum absolute atomic E-state index is 0.0973. The Labute approximate surface area is 72.0 Å². The van der Waals surface area contributed by atoms with Gasteiger partial charge >= 0.3 is 0 Å². The molecule has 0 spiro atoms. The number of carbonyl (C=O) groups is 1. The standard InChI is InChI=1S/C9H13NO2/c1-4-5-10-8(11)6(2)7(3)9(10)12/h4,8,11H,1,5H2,2-3H3. The molecule has 0 saturated carbocycles. The van der Waals surface area contributed by atoms with Gasteiger partial charge in [-0.1, -0.05) is 6.08 Å². The van der Waals surface area contributed by atoms with Crippen molar-refractivity contribution >= 4 is 5.91 Å². The monoisotopic (exact) mass is 167 g/mol. The van der Waals surface area contributed by atoms with E-state index in [0.717, 1.165) is 5.57 Å². The van der Waals surface area contributed by atoms with Gasteiger partial charge in [-0.05, 0) is 19.4 Å². The summed E-state index contributed by atoms with van der Waals surface area (Å²) < 4.78 is 0. The lowest BCUT2D eigenvalue weighted by molar-refractivity contribution is -0.130. The summed E-state index contributed by atoms with van der Waals surface area (Å²) in [7, 11) is 0. The highest BCUT2D eigenvalue weighted by molar-refractivity contribution is 5.96. The van der Waals surface area contributed by atoms with Gasteiger partial charge in [-0.25, -0.2) is 0 Å². The minimum Gasteiger partial charge on any atom is -0.369 e. The van der Waals surface area contributed by atoms with Crippen LogP contribution in [-0.4, -0.2) is 28.7 Å². The second-order valence-corrected chi connectivity index (χ2v) is 2.93. The third-order valence-corrected chi connectivity index (χ3v) is 2.18. The zero-order valence-electron chi connectivity index (χ0n) is 7.37. The van der Waals surface area contributed by atoms with E-state index in [-0.39, 0.29) is 5.91 Å². The molecule has 0 bridgehead atoms. The molecule has 0 aliphatic carbocycles. The molecule has 3 heteroatoms. The summed E-state index contributed by atoms with van der Waals surface area (Å²) in [4.78, 5) is 12.8. The highest BCUT2D eigenvalue weighted by Gasteiger charge is 2.31. The van der Waals surface area contributed by atoms with Gasteiger partial charge in [-0.15, -0.1) is 6.58 Å². The molecule has 1 unspecified atom stereocenters. The van der Waals surface area contributed by atoms with Gasteiger partial charge in [0.15, 0.2) is 6.23 Å². The Hall–Kier alpha value is -1.09. The van der Waals surface area contributed by atoms with Crippen LogP contribution in [0.1, 0.15) is 13.8 Å². The van der Waals surface area contributed by atoms with Crippen molar-refractivity contribution < 1.29 is 9.90 Å². The van der Waals surface area contributed by atoms with Crippen LogP contribution in [0.25, 0.3) is 0 Å². The third-order valence-electron chi connectivity index (χ3n) is 2.18. The molecule has 0 aromatic rings. The van der Waals surface area contributed by atoms with Gasteiger partial charge in [0.25, 0.3) is 5.91 Å². The Morgan fingerprint density at radius 1 is 1.67 bits per heavy atom. The smallest absolute Gasteiger partial charge is 0.252 e. The van der Waals surface area contributed by atoms with Crippen molar-refractivity contribution in [3.63, 3.8) is 0 Å². The summed E-state index contributed by atoms with van der Waals surface area (Å²) in [5, 5.41) is 9.53. The molecular weight excluding hydrogens is 154 g/mol. The number of amides is 1.